The van der Waals surface area contributed by atoms with E-state index in [9.17, 15) is 4.79 Å². The molecule has 1 aromatic heterocycles. The summed E-state index contributed by atoms with van der Waals surface area (Å²) in [5.74, 6) is 0.549. The smallest absolute Gasteiger partial charge is 0.241 e. The minimum absolute atomic E-state index is 0.147. The standard InChI is InChI=1S/C15H19N3O2/c1-2-3-4-13(16)15(19)18-12-7-5-11(6-8-12)14-9-17-10-20-14/h5-10,13H,2-4,16H2,1H3,(H,18,19)/t13-/m0/s1. The molecule has 1 amide bonds. The number of carbonyl (C=O) groups excluding carboxylic acids is 1. The maximum atomic E-state index is 11.9. The summed E-state index contributed by atoms with van der Waals surface area (Å²) in [4.78, 5) is 15.7. The fraction of sp³-hybridized carbons (Fsp3) is 0.333. The van der Waals surface area contributed by atoms with E-state index in [4.69, 9.17) is 10.2 Å². The lowest BCUT2D eigenvalue weighted by atomic mass is 10.1. The van der Waals surface area contributed by atoms with Gasteiger partial charge in [0.05, 0.1) is 12.2 Å². The van der Waals surface area contributed by atoms with Gasteiger partial charge in [0, 0.05) is 11.3 Å². The van der Waals surface area contributed by atoms with E-state index >= 15 is 0 Å². The third-order valence-electron chi connectivity index (χ3n) is 3.07. The largest absolute Gasteiger partial charge is 0.444 e. The lowest BCUT2D eigenvalue weighted by molar-refractivity contribution is -0.117. The van der Waals surface area contributed by atoms with Gasteiger partial charge in [-0.05, 0) is 30.7 Å². The SMILES string of the molecule is CCCC[C@H](N)C(=O)Nc1ccc(-c2cnco2)cc1. The van der Waals surface area contributed by atoms with Crippen LogP contribution >= 0.6 is 0 Å². The summed E-state index contributed by atoms with van der Waals surface area (Å²) in [6, 6.07) is 6.93. The molecule has 5 heteroatoms. The molecule has 3 N–H and O–H groups in total. The molecule has 0 aliphatic carbocycles. The third kappa shape index (κ3) is 3.68. The molecule has 1 atom stereocenters. The fourth-order valence-corrected chi connectivity index (χ4v) is 1.87. The van der Waals surface area contributed by atoms with Crippen molar-refractivity contribution < 1.29 is 9.21 Å². The van der Waals surface area contributed by atoms with Crippen molar-refractivity contribution >= 4 is 11.6 Å². The summed E-state index contributed by atoms with van der Waals surface area (Å²) in [6.07, 6.45) is 5.73. The predicted molar refractivity (Wildman–Crippen MR) is 78.1 cm³/mol. The second-order valence-corrected chi connectivity index (χ2v) is 4.68. The van der Waals surface area contributed by atoms with Gasteiger partial charge in [-0.2, -0.15) is 0 Å². The molecule has 0 fully saturated rings. The molecule has 0 aliphatic rings. The second-order valence-electron chi connectivity index (χ2n) is 4.68. The molecule has 20 heavy (non-hydrogen) atoms. The van der Waals surface area contributed by atoms with Gasteiger partial charge >= 0.3 is 0 Å². The van der Waals surface area contributed by atoms with Crippen molar-refractivity contribution in [1.82, 2.24) is 4.98 Å². The number of nitrogens with one attached hydrogen (secondary N) is 1. The Labute approximate surface area is 118 Å². The number of benzene rings is 1. The summed E-state index contributed by atoms with van der Waals surface area (Å²) in [5.41, 5.74) is 7.46. The molecule has 2 rings (SSSR count). The van der Waals surface area contributed by atoms with E-state index in [1.54, 1.807) is 6.20 Å². The first-order valence-corrected chi connectivity index (χ1v) is 6.76. The van der Waals surface area contributed by atoms with Crippen molar-refractivity contribution in [3.63, 3.8) is 0 Å². The number of hydrogen-bond donors (Lipinski definition) is 2. The first-order valence-electron chi connectivity index (χ1n) is 6.76. The molecule has 0 saturated heterocycles. The first-order chi connectivity index (χ1) is 9.70. The van der Waals surface area contributed by atoms with Gasteiger partial charge < -0.3 is 15.5 Å². The van der Waals surface area contributed by atoms with Gasteiger partial charge in [0.15, 0.2) is 12.2 Å². The summed E-state index contributed by atoms with van der Waals surface area (Å²) in [5, 5.41) is 2.81. The van der Waals surface area contributed by atoms with Gasteiger partial charge in [0.25, 0.3) is 0 Å². The van der Waals surface area contributed by atoms with Crippen LogP contribution in [0.5, 0.6) is 0 Å². The van der Waals surface area contributed by atoms with Gasteiger partial charge in [-0.15, -0.1) is 0 Å². The molecule has 106 valence electrons. The van der Waals surface area contributed by atoms with Gasteiger partial charge in [0.1, 0.15) is 0 Å². The fourth-order valence-electron chi connectivity index (χ4n) is 1.87. The quantitative estimate of drug-likeness (QED) is 0.848. The number of oxazole rings is 1. The molecular formula is C15H19N3O2. The zero-order valence-corrected chi connectivity index (χ0v) is 11.5. The normalized spacial score (nSPS) is 12.1. The van der Waals surface area contributed by atoms with Crippen LogP contribution in [0.15, 0.2) is 41.3 Å². The molecule has 2 aromatic rings. The second kappa shape index (κ2) is 6.86. The van der Waals surface area contributed by atoms with Crippen LogP contribution in [0.3, 0.4) is 0 Å². The predicted octanol–water partition coefficient (Wildman–Crippen LogP) is 2.80. The Hall–Kier alpha value is -2.14. The van der Waals surface area contributed by atoms with Crippen LogP contribution in [-0.4, -0.2) is 16.9 Å². The van der Waals surface area contributed by atoms with Crippen molar-refractivity contribution in [1.29, 1.82) is 0 Å². The van der Waals surface area contributed by atoms with Crippen LogP contribution in [0, 0.1) is 0 Å². The molecule has 5 nitrogen and oxygen atoms in total. The Morgan fingerprint density at radius 2 is 2.15 bits per heavy atom. The van der Waals surface area contributed by atoms with E-state index in [1.807, 2.05) is 24.3 Å². The van der Waals surface area contributed by atoms with E-state index < -0.39 is 6.04 Å². The van der Waals surface area contributed by atoms with E-state index in [0.29, 0.717) is 12.2 Å². The van der Waals surface area contributed by atoms with Gasteiger partial charge in [0.2, 0.25) is 5.91 Å². The van der Waals surface area contributed by atoms with E-state index in [1.165, 1.54) is 6.39 Å². The highest BCUT2D eigenvalue weighted by atomic mass is 16.3. The van der Waals surface area contributed by atoms with E-state index in [0.717, 1.165) is 24.1 Å². The van der Waals surface area contributed by atoms with Crippen LogP contribution < -0.4 is 11.1 Å². The van der Waals surface area contributed by atoms with Crippen LogP contribution in [0.25, 0.3) is 11.3 Å². The van der Waals surface area contributed by atoms with E-state index in [2.05, 4.69) is 17.2 Å². The van der Waals surface area contributed by atoms with E-state index in [-0.39, 0.29) is 5.91 Å². The van der Waals surface area contributed by atoms with Crippen LogP contribution in [0.4, 0.5) is 5.69 Å². The van der Waals surface area contributed by atoms with Crippen LogP contribution in [0.2, 0.25) is 0 Å². The Balaban J connectivity index is 1.95. The number of carbonyl (C=O) groups is 1. The Morgan fingerprint density at radius 1 is 1.40 bits per heavy atom. The first kappa shape index (κ1) is 14.3. The van der Waals surface area contributed by atoms with Crippen molar-refractivity contribution in [3.8, 4) is 11.3 Å². The molecule has 0 spiro atoms. The zero-order valence-electron chi connectivity index (χ0n) is 11.5. The average molecular weight is 273 g/mol. The number of rotatable bonds is 6. The van der Waals surface area contributed by atoms with Crippen LogP contribution in [-0.2, 0) is 4.79 Å². The van der Waals surface area contributed by atoms with Gasteiger partial charge in [-0.3, -0.25) is 4.79 Å². The minimum atomic E-state index is -0.455. The van der Waals surface area contributed by atoms with Crippen LogP contribution in [0.1, 0.15) is 26.2 Å². The highest BCUT2D eigenvalue weighted by molar-refractivity contribution is 5.94. The highest BCUT2D eigenvalue weighted by Crippen LogP contribution is 2.20. The topological polar surface area (TPSA) is 81.2 Å². The van der Waals surface area contributed by atoms with Gasteiger partial charge in [-0.1, -0.05) is 19.8 Å². The van der Waals surface area contributed by atoms with Crippen molar-refractivity contribution in [2.45, 2.75) is 32.2 Å². The maximum Gasteiger partial charge on any atom is 0.241 e. The Bertz CT molecular complexity index is 535. The van der Waals surface area contributed by atoms with Crippen molar-refractivity contribution in [3.05, 3.63) is 36.9 Å². The number of nitrogens with zero attached hydrogens (tertiary/aromatic N) is 1. The number of nitrogens with two attached hydrogens (primary N) is 1. The highest BCUT2D eigenvalue weighted by Gasteiger charge is 2.12. The lowest BCUT2D eigenvalue weighted by Gasteiger charge is -2.11. The summed E-state index contributed by atoms with van der Waals surface area (Å²) in [6.45, 7) is 2.08. The van der Waals surface area contributed by atoms with Crippen molar-refractivity contribution in [2.75, 3.05) is 5.32 Å². The lowest BCUT2D eigenvalue weighted by Crippen LogP contribution is -2.35. The number of aromatic nitrogens is 1. The Kier molecular flexibility index (Phi) is 4.90. The molecule has 0 unspecified atom stereocenters. The third-order valence-corrected chi connectivity index (χ3v) is 3.07. The molecule has 0 aliphatic heterocycles. The zero-order chi connectivity index (χ0) is 14.4. The molecule has 0 saturated carbocycles. The average Bonchev–Trinajstić information content (AvgIpc) is 2.99. The molecule has 1 heterocycles. The summed E-state index contributed by atoms with van der Waals surface area (Å²) in [7, 11) is 0. The molecule has 0 bridgehead atoms. The number of unbranched alkanes of at least 4 members (excludes halogenated alkanes) is 1. The van der Waals surface area contributed by atoms with Gasteiger partial charge in [-0.25, -0.2) is 4.98 Å². The summed E-state index contributed by atoms with van der Waals surface area (Å²) < 4.78 is 5.20. The summed E-state index contributed by atoms with van der Waals surface area (Å²) >= 11 is 0. The molecule has 0 radical (unpaired) electrons. The molecular weight excluding hydrogens is 254 g/mol. The number of hydrogen-bond acceptors (Lipinski definition) is 4. The Morgan fingerprint density at radius 3 is 2.75 bits per heavy atom. The number of amides is 1. The maximum absolute atomic E-state index is 11.9. The monoisotopic (exact) mass is 273 g/mol. The minimum Gasteiger partial charge on any atom is -0.444 e. The molecule has 1 aromatic carbocycles. The number of anilines is 1. The van der Waals surface area contributed by atoms with Crippen molar-refractivity contribution in [2.24, 2.45) is 5.73 Å².